The summed E-state index contributed by atoms with van der Waals surface area (Å²) in [4.78, 5) is 13.4. The van der Waals surface area contributed by atoms with E-state index in [9.17, 15) is 9.90 Å². The van der Waals surface area contributed by atoms with Crippen molar-refractivity contribution in [2.75, 3.05) is 32.2 Å². The van der Waals surface area contributed by atoms with E-state index in [1.807, 2.05) is 0 Å². The summed E-state index contributed by atoms with van der Waals surface area (Å²) in [5.74, 6) is -0.236. The molecular formula is C14H19NO4. The molecule has 1 heterocycles. The van der Waals surface area contributed by atoms with Gasteiger partial charge in [0, 0.05) is 26.3 Å². The zero-order valence-electron chi connectivity index (χ0n) is 11.3. The molecule has 0 spiro atoms. The molecule has 0 aliphatic carbocycles. The fourth-order valence-corrected chi connectivity index (χ4v) is 2.41. The van der Waals surface area contributed by atoms with Crippen LogP contribution >= 0.6 is 0 Å². The van der Waals surface area contributed by atoms with Gasteiger partial charge >= 0.3 is 5.97 Å². The van der Waals surface area contributed by atoms with Crippen molar-refractivity contribution in [3.63, 3.8) is 0 Å². The molecule has 0 unspecified atom stereocenters. The molecule has 2 rings (SSSR count). The number of aromatic carboxylic acids is 1. The number of rotatable bonds is 4. The van der Waals surface area contributed by atoms with Gasteiger partial charge in [-0.15, -0.1) is 0 Å². The van der Waals surface area contributed by atoms with Crippen LogP contribution in [0.4, 0.5) is 5.69 Å². The Morgan fingerprint density at radius 2 is 2.00 bits per heavy atom. The Kier molecular flexibility index (Phi) is 4.27. The molecule has 5 nitrogen and oxygen atoms in total. The highest BCUT2D eigenvalue weighted by Crippen LogP contribution is 2.29. The average molecular weight is 265 g/mol. The van der Waals surface area contributed by atoms with E-state index in [1.165, 1.54) is 0 Å². The number of benzene rings is 1. The van der Waals surface area contributed by atoms with E-state index in [-0.39, 0.29) is 6.10 Å². The maximum Gasteiger partial charge on any atom is 0.337 e. The second-order valence-electron chi connectivity index (χ2n) is 4.61. The van der Waals surface area contributed by atoms with Crippen LogP contribution in [0, 0.1) is 0 Å². The van der Waals surface area contributed by atoms with E-state index >= 15 is 0 Å². The van der Waals surface area contributed by atoms with Gasteiger partial charge in [0.1, 0.15) is 5.75 Å². The van der Waals surface area contributed by atoms with Gasteiger partial charge in [0.05, 0.1) is 24.5 Å². The lowest BCUT2D eigenvalue weighted by atomic mass is 10.0. The van der Waals surface area contributed by atoms with Crippen molar-refractivity contribution >= 4 is 11.7 Å². The molecule has 0 saturated carbocycles. The summed E-state index contributed by atoms with van der Waals surface area (Å²) in [6.07, 6.45) is 2.09. The molecule has 19 heavy (non-hydrogen) atoms. The first-order valence-electron chi connectivity index (χ1n) is 6.34. The topological polar surface area (TPSA) is 59.0 Å². The maximum absolute atomic E-state index is 11.3. The first kappa shape index (κ1) is 13.7. The third kappa shape index (κ3) is 2.98. The van der Waals surface area contributed by atoms with Gasteiger partial charge in [-0.2, -0.15) is 0 Å². The van der Waals surface area contributed by atoms with Crippen LogP contribution < -0.4 is 9.64 Å². The van der Waals surface area contributed by atoms with Gasteiger partial charge in [-0.25, -0.2) is 4.79 Å². The number of piperidine rings is 1. The van der Waals surface area contributed by atoms with Gasteiger partial charge in [0.2, 0.25) is 0 Å². The minimum atomic E-state index is -0.911. The number of hydrogen-bond donors (Lipinski definition) is 1. The van der Waals surface area contributed by atoms with Crippen molar-refractivity contribution < 1.29 is 19.4 Å². The quantitative estimate of drug-likeness (QED) is 0.902. The summed E-state index contributed by atoms with van der Waals surface area (Å²) < 4.78 is 10.5. The Labute approximate surface area is 112 Å². The minimum Gasteiger partial charge on any atom is -0.497 e. The number of carbonyl (C=O) groups is 1. The summed E-state index contributed by atoms with van der Waals surface area (Å²) in [5, 5.41) is 9.27. The normalized spacial score (nSPS) is 16.4. The predicted molar refractivity (Wildman–Crippen MR) is 72.2 cm³/mol. The van der Waals surface area contributed by atoms with Crippen LogP contribution in [0.3, 0.4) is 0 Å². The third-order valence-corrected chi connectivity index (χ3v) is 3.55. The van der Waals surface area contributed by atoms with Gasteiger partial charge in [-0.05, 0) is 25.0 Å². The van der Waals surface area contributed by atoms with Crippen LogP contribution in [0.1, 0.15) is 23.2 Å². The smallest absolute Gasteiger partial charge is 0.337 e. The van der Waals surface area contributed by atoms with Crippen molar-refractivity contribution in [3.05, 3.63) is 23.8 Å². The fraction of sp³-hybridized carbons (Fsp3) is 0.500. The molecule has 1 fully saturated rings. The number of anilines is 1. The lowest BCUT2D eigenvalue weighted by Crippen LogP contribution is -2.37. The maximum atomic E-state index is 11.3. The number of carboxylic acids is 1. The molecule has 1 aromatic carbocycles. The zero-order chi connectivity index (χ0) is 13.8. The Hall–Kier alpha value is -1.75. The summed E-state index contributed by atoms with van der Waals surface area (Å²) in [5.41, 5.74) is 1.04. The van der Waals surface area contributed by atoms with E-state index in [0.717, 1.165) is 31.6 Å². The highest BCUT2D eigenvalue weighted by Gasteiger charge is 2.23. The molecule has 0 atom stereocenters. The van der Waals surface area contributed by atoms with Gasteiger partial charge in [-0.3, -0.25) is 0 Å². The van der Waals surface area contributed by atoms with Gasteiger partial charge < -0.3 is 19.5 Å². The Morgan fingerprint density at radius 3 is 2.53 bits per heavy atom. The summed E-state index contributed by atoms with van der Waals surface area (Å²) in [6.45, 7) is 1.60. The monoisotopic (exact) mass is 265 g/mol. The number of ether oxygens (including phenoxy) is 2. The molecule has 0 radical (unpaired) electrons. The summed E-state index contributed by atoms with van der Waals surface area (Å²) in [6, 6.07) is 5.06. The standard InChI is InChI=1S/C14H19NO4/c1-18-10-5-7-15(8-6-10)13-9-11(19-2)3-4-12(13)14(16)17/h3-4,9-10H,5-8H2,1-2H3,(H,16,17). The molecule has 1 aliphatic heterocycles. The number of hydrogen-bond acceptors (Lipinski definition) is 4. The summed E-state index contributed by atoms with van der Waals surface area (Å²) in [7, 11) is 3.30. The van der Waals surface area contributed by atoms with Crippen molar-refractivity contribution in [1.29, 1.82) is 0 Å². The third-order valence-electron chi connectivity index (χ3n) is 3.55. The molecule has 104 valence electrons. The average Bonchev–Trinajstić information content (AvgIpc) is 2.46. The summed E-state index contributed by atoms with van der Waals surface area (Å²) >= 11 is 0. The largest absolute Gasteiger partial charge is 0.497 e. The molecule has 0 amide bonds. The second-order valence-corrected chi connectivity index (χ2v) is 4.61. The van der Waals surface area contributed by atoms with Crippen molar-refractivity contribution in [2.24, 2.45) is 0 Å². The number of methoxy groups -OCH3 is 2. The molecule has 1 saturated heterocycles. The van der Waals surface area contributed by atoms with Crippen LogP contribution in [0.2, 0.25) is 0 Å². The van der Waals surface area contributed by atoms with Crippen molar-refractivity contribution in [1.82, 2.24) is 0 Å². The van der Waals surface area contributed by atoms with E-state index in [4.69, 9.17) is 9.47 Å². The van der Waals surface area contributed by atoms with Gasteiger partial charge in [-0.1, -0.05) is 0 Å². The van der Waals surface area contributed by atoms with Crippen LogP contribution in [-0.2, 0) is 4.74 Å². The first-order valence-corrected chi connectivity index (χ1v) is 6.34. The zero-order valence-corrected chi connectivity index (χ0v) is 11.3. The van der Waals surface area contributed by atoms with E-state index in [0.29, 0.717) is 11.3 Å². The first-order chi connectivity index (χ1) is 9.15. The lowest BCUT2D eigenvalue weighted by molar-refractivity contribution is 0.0696. The highest BCUT2D eigenvalue weighted by atomic mass is 16.5. The number of carboxylic acid groups (broad SMARTS) is 1. The van der Waals surface area contributed by atoms with E-state index < -0.39 is 5.97 Å². The predicted octanol–water partition coefficient (Wildman–Crippen LogP) is 2.01. The molecule has 1 aliphatic rings. The van der Waals surface area contributed by atoms with Gasteiger partial charge in [0.15, 0.2) is 0 Å². The van der Waals surface area contributed by atoms with Crippen LogP contribution in [0.5, 0.6) is 5.75 Å². The van der Waals surface area contributed by atoms with Crippen molar-refractivity contribution in [2.45, 2.75) is 18.9 Å². The SMILES string of the molecule is COc1ccc(C(=O)O)c(N2CCC(OC)CC2)c1. The highest BCUT2D eigenvalue weighted by molar-refractivity contribution is 5.94. The molecule has 0 bridgehead atoms. The Bertz CT molecular complexity index is 453. The molecule has 5 heteroatoms. The minimum absolute atomic E-state index is 0.273. The molecule has 1 aromatic rings. The Balaban J connectivity index is 2.24. The molecule has 0 aromatic heterocycles. The fourth-order valence-electron chi connectivity index (χ4n) is 2.41. The molecular weight excluding hydrogens is 246 g/mol. The Morgan fingerprint density at radius 1 is 1.32 bits per heavy atom. The molecule has 1 N–H and O–H groups in total. The van der Waals surface area contributed by atoms with E-state index in [1.54, 1.807) is 32.4 Å². The van der Waals surface area contributed by atoms with E-state index in [2.05, 4.69) is 4.90 Å². The van der Waals surface area contributed by atoms with Crippen LogP contribution in [0.15, 0.2) is 18.2 Å². The van der Waals surface area contributed by atoms with Crippen molar-refractivity contribution in [3.8, 4) is 5.75 Å². The van der Waals surface area contributed by atoms with Crippen LogP contribution in [-0.4, -0.2) is 44.5 Å². The van der Waals surface area contributed by atoms with Gasteiger partial charge in [0.25, 0.3) is 0 Å². The number of nitrogens with zero attached hydrogens (tertiary/aromatic N) is 1. The lowest BCUT2D eigenvalue weighted by Gasteiger charge is -2.33. The van der Waals surface area contributed by atoms with Crippen LogP contribution in [0.25, 0.3) is 0 Å². The second kappa shape index (κ2) is 5.93.